The van der Waals surface area contributed by atoms with Crippen molar-refractivity contribution in [3.8, 4) is 5.75 Å². The third-order valence-corrected chi connectivity index (χ3v) is 3.60. The van der Waals surface area contributed by atoms with Gasteiger partial charge in [-0.2, -0.15) is 0 Å². The predicted molar refractivity (Wildman–Crippen MR) is 83.1 cm³/mol. The average Bonchev–Trinajstić information content (AvgIpc) is 2.86. The standard InChI is InChI=1S/C18H18FNO/c1-13(2)20-11-14(15-7-3-5-9-17(15)20)12-21-18-10-6-4-8-16(18)19/h3-11,13H,12H2,1-2H3. The summed E-state index contributed by atoms with van der Waals surface area (Å²) in [6, 6.07) is 15.1. The van der Waals surface area contributed by atoms with Crippen LogP contribution in [-0.4, -0.2) is 4.57 Å². The summed E-state index contributed by atoms with van der Waals surface area (Å²) in [7, 11) is 0. The summed E-state index contributed by atoms with van der Waals surface area (Å²) < 4.78 is 21.5. The van der Waals surface area contributed by atoms with Crippen LogP contribution < -0.4 is 4.74 Å². The molecule has 0 fully saturated rings. The molecular formula is C18H18FNO. The van der Waals surface area contributed by atoms with Crippen molar-refractivity contribution in [3.05, 3.63) is 66.1 Å². The van der Waals surface area contributed by atoms with Crippen LogP contribution in [0.2, 0.25) is 0 Å². The second-order valence-corrected chi connectivity index (χ2v) is 5.39. The normalized spacial score (nSPS) is 11.2. The Morgan fingerprint density at radius 3 is 2.52 bits per heavy atom. The Kier molecular flexibility index (Phi) is 3.65. The topological polar surface area (TPSA) is 14.2 Å². The van der Waals surface area contributed by atoms with E-state index < -0.39 is 0 Å². The van der Waals surface area contributed by atoms with Crippen LogP contribution in [0.3, 0.4) is 0 Å². The predicted octanol–water partition coefficient (Wildman–Crippen LogP) is 4.94. The van der Waals surface area contributed by atoms with Crippen LogP contribution in [0.4, 0.5) is 4.39 Å². The lowest BCUT2D eigenvalue weighted by atomic mass is 10.2. The number of halogens is 1. The zero-order valence-corrected chi connectivity index (χ0v) is 12.2. The largest absolute Gasteiger partial charge is 0.486 e. The number of para-hydroxylation sites is 2. The zero-order valence-electron chi connectivity index (χ0n) is 12.2. The summed E-state index contributed by atoms with van der Waals surface area (Å²) in [6.07, 6.45) is 2.09. The van der Waals surface area contributed by atoms with Gasteiger partial charge in [0.25, 0.3) is 0 Å². The summed E-state index contributed by atoms with van der Waals surface area (Å²) >= 11 is 0. The Morgan fingerprint density at radius 1 is 1.05 bits per heavy atom. The van der Waals surface area contributed by atoms with Crippen molar-refractivity contribution in [2.24, 2.45) is 0 Å². The molecule has 0 N–H and O–H groups in total. The van der Waals surface area contributed by atoms with Gasteiger partial charge in [0.05, 0.1) is 0 Å². The quantitative estimate of drug-likeness (QED) is 0.661. The minimum absolute atomic E-state index is 0.291. The maximum Gasteiger partial charge on any atom is 0.165 e. The second-order valence-electron chi connectivity index (χ2n) is 5.39. The molecule has 1 aromatic heterocycles. The maximum absolute atomic E-state index is 13.6. The minimum atomic E-state index is -0.329. The van der Waals surface area contributed by atoms with Crippen LogP contribution >= 0.6 is 0 Å². The Morgan fingerprint density at radius 2 is 1.76 bits per heavy atom. The summed E-state index contributed by atoms with van der Waals surface area (Å²) in [5.74, 6) is -0.0380. The van der Waals surface area contributed by atoms with Crippen LogP contribution in [0, 0.1) is 5.82 Å². The van der Waals surface area contributed by atoms with E-state index in [4.69, 9.17) is 4.74 Å². The SMILES string of the molecule is CC(C)n1cc(COc2ccccc2F)c2ccccc21. The number of hydrogen-bond donors (Lipinski definition) is 0. The third-order valence-electron chi connectivity index (χ3n) is 3.60. The first-order chi connectivity index (χ1) is 10.2. The Balaban J connectivity index is 1.92. The fourth-order valence-electron chi connectivity index (χ4n) is 2.54. The van der Waals surface area contributed by atoms with E-state index in [1.165, 1.54) is 11.6 Å². The highest BCUT2D eigenvalue weighted by molar-refractivity contribution is 5.84. The number of hydrogen-bond acceptors (Lipinski definition) is 1. The molecule has 21 heavy (non-hydrogen) atoms. The van der Waals surface area contributed by atoms with E-state index in [0.29, 0.717) is 18.4 Å². The zero-order chi connectivity index (χ0) is 14.8. The molecule has 0 atom stereocenters. The van der Waals surface area contributed by atoms with Gasteiger partial charge < -0.3 is 9.30 Å². The van der Waals surface area contributed by atoms with Crippen molar-refractivity contribution in [3.63, 3.8) is 0 Å². The van der Waals surface area contributed by atoms with Crippen LogP contribution in [0.5, 0.6) is 5.75 Å². The van der Waals surface area contributed by atoms with Gasteiger partial charge in [-0.3, -0.25) is 0 Å². The highest BCUT2D eigenvalue weighted by Crippen LogP contribution is 2.26. The van der Waals surface area contributed by atoms with E-state index >= 15 is 0 Å². The van der Waals surface area contributed by atoms with E-state index in [0.717, 1.165) is 10.9 Å². The van der Waals surface area contributed by atoms with Gasteiger partial charge in [0, 0.05) is 28.7 Å². The van der Waals surface area contributed by atoms with Crippen molar-refractivity contribution >= 4 is 10.9 Å². The van der Waals surface area contributed by atoms with Crippen LogP contribution in [0.15, 0.2) is 54.7 Å². The second kappa shape index (κ2) is 5.60. The van der Waals surface area contributed by atoms with Crippen molar-refractivity contribution in [2.75, 3.05) is 0 Å². The van der Waals surface area contributed by atoms with E-state index in [-0.39, 0.29) is 5.82 Å². The van der Waals surface area contributed by atoms with Crippen molar-refractivity contribution in [2.45, 2.75) is 26.5 Å². The van der Waals surface area contributed by atoms with Gasteiger partial charge >= 0.3 is 0 Å². The number of aromatic nitrogens is 1. The van der Waals surface area contributed by atoms with Gasteiger partial charge in [-0.1, -0.05) is 30.3 Å². The molecule has 2 nitrogen and oxygen atoms in total. The molecule has 3 aromatic rings. The van der Waals surface area contributed by atoms with E-state index in [1.807, 2.05) is 12.1 Å². The Labute approximate surface area is 123 Å². The molecule has 0 aliphatic carbocycles. The molecule has 0 amide bonds. The summed E-state index contributed by atoms with van der Waals surface area (Å²) in [4.78, 5) is 0. The highest BCUT2D eigenvalue weighted by Gasteiger charge is 2.11. The molecule has 3 rings (SSSR count). The molecule has 0 aliphatic rings. The first-order valence-corrected chi connectivity index (χ1v) is 7.12. The van der Waals surface area contributed by atoms with Crippen molar-refractivity contribution in [1.82, 2.24) is 4.57 Å². The van der Waals surface area contributed by atoms with E-state index in [1.54, 1.807) is 18.2 Å². The van der Waals surface area contributed by atoms with Crippen LogP contribution in [0.1, 0.15) is 25.5 Å². The van der Waals surface area contributed by atoms with Crippen LogP contribution in [0.25, 0.3) is 10.9 Å². The number of nitrogens with zero attached hydrogens (tertiary/aromatic N) is 1. The molecule has 0 spiro atoms. The lowest BCUT2D eigenvalue weighted by molar-refractivity contribution is 0.291. The molecule has 1 heterocycles. The summed E-state index contributed by atoms with van der Waals surface area (Å²) in [5.41, 5.74) is 2.25. The smallest absolute Gasteiger partial charge is 0.165 e. The number of ether oxygens (including phenoxy) is 1. The average molecular weight is 283 g/mol. The van der Waals surface area contributed by atoms with E-state index in [2.05, 4.69) is 36.7 Å². The fraction of sp³-hybridized carbons (Fsp3) is 0.222. The fourth-order valence-corrected chi connectivity index (χ4v) is 2.54. The van der Waals surface area contributed by atoms with Crippen molar-refractivity contribution < 1.29 is 9.13 Å². The molecule has 3 heteroatoms. The monoisotopic (exact) mass is 283 g/mol. The maximum atomic E-state index is 13.6. The number of rotatable bonds is 4. The van der Waals surface area contributed by atoms with Gasteiger partial charge in [-0.05, 0) is 32.0 Å². The first-order valence-electron chi connectivity index (χ1n) is 7.12. The Bertz CT molecular complexity index is 761. The number of fused-ring (bicyclic) bond motifs is 1. The van der Waals surface area contributed by atoms with Gasteiger partial charge in [-0.25, -0.2) is 4.39 Å². The molecule has 0 unspecified atom stereocenters. The molecule has 0 bridgehead atoms. The lowest BCUT2D eigenvalue weighted by Gasteiger charge is -2.08. The molecule has 0 radical (unpaired) electrons. The van der Waals surface area contributed by atoms with Gasteiger partial charge in [0.1, 0.15) is 6.61 Å². The lowest BCUT2D eigenvalue weighted by Crippen LogP contribution is -1.99. The first kappa shape index (κ1) is 13.7. The van der Waals surface area contributed by atoms with Crippen molar-refractivity contribution in [1.29, 1.82) is 0 Å². The molecule has 2 aromatic carbocycles. The molecular weight excluding hydrogens is 265 g/mol. The minimum Gasteiger partial charge on any atom is -0.486 e. The van der Waals surface area contributed by atoms with E-state index in [9.17, 15) is 4.39 Å². The molecule has 0 aliphatic heterocycles. The van der Waals surface area contributed by atoms with Gasteiger partial charge in [0.15, 0.2) is 11.6 Å². The third kappa shape index (κ3) is 2.64. The summed E-state index contributed by atoms with van der Waals surface area (Å²) in [6.45, 7) is 4.66. The number of benzene rings is 2. The highest BCUT2D eigenvalue weighted by atomic mass is 19.1. The van der Waals surface area contributed by atoms with Gasteiger partial charge in [-0.15, -0.1) is 0 Å². The van der Waals surface area contributed by atoms with Crippen LogP contribution in [-0.2, 0) is 6.61 Å². The van der Waals surface area contributed by atoms with Gasteiger partial charge in [0.2, 0.25) is 0 Å². The molecule has 0 saturated heterocycles. The Hall–Kier alpha value is -2.29. The molecule has 0 saturated carbocycles. The molecule has 108 valence electrons. The summed E-state index contributed by atoms with van der Waals surface area (Å²) in [5, 5.41) is 1.16.